The van der Waals surface area contributed by atoms with Crippen LogP contribution in [-0.4, -0.2) is 32.3 Å². The predicted molar refractivity (Wildman–Crippen MR) is 99.4 cm³/mol. The largest absolute Gasteiger partial charge is 0.591 e. The Bertz CT molecular complexity index is 841. The maximum absolute atomic E-state index is 13.5. The average Bonchev–Trinajstić information content (AvgIpc) is 2.96. The third-order valence-corrected chi connectivity index (χ3v) is 5.19. The molecule has 8 heteroatoms. The molecule has 1 heterocycles. The minimum Gasteiger partial charge on any atom is -0.591 e. The number of benzene rings is 1. The highest BCUT2D eigenvalue weighted by atomic mass is 32.2. The lowest BCUT2D eigenvalue weighted by Crippen LogP contribution is -2.26. The maximum atomic E-state index is 13.5. The molecule has 0 amide bonds. The van der Waals surface area contributed by atoms with Crippen LogP contribution in [0, 0.1) is 0 Å². The summed E-state index contributed by atoms with van der Waals surface area (Å²) < 4.78 is 49.0. The van der Waals surface area contributed by atoms with Gasteiger partial charge in [0.1, 0.15) is 16.1 Å². The van der Waals surface area contributed by atoms with Crippen LogP contribution in [0.25, 0.3) is 10.9 Å². The number of alkyl halides is 2. The van der Waals surface area contributed by atoms with Crippen molar-refractivity contribution in [2.45, 2.75) is 45.8 Å². The van der Waals surface area contributed by atoms with Crippen LogP contribution in [0.2, 0.25) is 0 Å². The van der Waals surface area contributed by atoms with E-state index in [-0.39, 0.29) is 17.6 Å². The van der Waals surface area contributed by atoms with Crippen LogP contribution in [0.15, 0.2) is 28.8 Å². The standard InChI is InChI=1S/C18H22F2N2O3S/c1-6-25-17(23)22-8-7-13-14(16(19)20)9-12(10-15(13)22)11(2)21-26(24)18(3,4)5/h7-10,16H,6H2,1-5H3/t26-/m1/s1. The Morgan fingerprint density at radius 1 is 1.38 bits per heavy atom. The molecule has 0 radical (unpaired) electrons. The summed E-state index contributed by atoms with van der Waals surface area (Å²) in [6, 6.07) is 4.36. The molecule has 0 aliphatic carbocycles. The van der Waals surface area contributed by atoms with E-state index in [2.05, 4.69) is 4.40 Å². The maximum Gasteiger partial charge on any atom is 0.418 e. The second-order valence-corrected chi connectivity index (χ2v) is 8.63. The van der Waals surface area contributed by atoms with Gasteiger partial charge in [-0.25, -0.2) is 13.6 Å². The van der Waals surface area contributed by atoms with Crippen LogP contribution in [0.5, 0.6) is 0 Å². The fraction of sp³-hybridized carbons (Fsp3) is 0.444. The summed E-state index contributed by atoms with van der Waals surface area (Å²) in [7, 11) is 0. The van der Waals surface area contributed by atoms with Gasteiger partial charge in [0.25, 0.3) is 6.43 Å². The van der Waals surface area contributed by atoms with Gasteiger partial charge in [-0.15, -0.1) is 0 Å². The summed E-state index contributed by atoms with van der Waals surface area (Å²) in [5.74, 6) is 0. The van der Waals surface area contributed by atoms with Crippen LogP contribution in [0.4, 0.5) is 13.6 Å². The van der Waals surface area contributed by atoms with E-state index in [1.165, 1.54) is 22.9 Å². The van der Waals surface area contributed by atoms with Crippen molar-refractivity contribution in [3.63, 3.8) is 0 Å². The molecule has 1 atom stereocenters. The van der Waals surface area contributed by atoms with Gasteiger partial charge in [0.15, 0.2) is 0 Å². The van der Waals surface area contributed by atoms with E-state index in [9.17, 15) is 18.1 Å². The van der Waals surface area contributed by atoms with E-state index in [0.717, 1.165) is 0 Å². The molecule has 26 heavy (non-hydrogen) atoms. The normalized spacial score (nSPS) is 14.1. The molecule has 0 saturated heterocycles. The van der Waals surface area contributed by atoms with Crippen molar-refractivity contribution in [2.75, 3.05) is 6.61 Å². The molecule has 0 aliphatic rings. The molecule has 0 unspecified atom stereocenters. The molecule has 142 valence electrons. The number of nitrogens with zero attached hydrogens (tertiary/aromatic N) is 2. The number of aromatic nitrogens is 1. The SMILES string of the molecule is CCOC(=O)n1ccc2c(C(F)F)cc(C(C)=N[S@+]([O-])C(C)(C)C)cc21. The summed E-state index contributed by atoms with van der Waals surface area (Å²) in [6.45, 7) is 8.78. The van der Waals surface area contributed by atoms with Crippen LogP contribution >= 0.6 is 0 Å². The van der Waals surface area contributed by atoms with Crippen molar-refractivity contribution in [1.82, 2.24) is 4.57 Å². The van der Waals surface area contributed by atoms with Crippen LogP contribution < -0.4 is 0 Å². The summed E-state index contributed by atoms with van der Waals surface area (Å²) >= 11 is -1.52. The van der Waals surface area contributed by atoms with E-state index in [0.29, 0.717) is 16.8 Å². The molecule has 2 rings (SSSR count). The first kappa shape index (κ1) is 20.4. The molecule has 0 N–H and O–H groups in total. The lowest BCUT2D eigenvalue weighted by molar-refractivity contribution is 0.152. The molecule has 1 aromatic heterocycles. The number of halogens is 2. The smallest absolute Gasteiger partial charge is 0.418 e. The Balaban J connectivity index is 2.62. The first-order valence-corrected chi connectivity index (χ1v) is 9.24. The van der Waals surface area contributed by atoms with Gasteiger partial charge in [0, 0.05) is 22.7 Å². The Kier molecular flexibility index (Phi) is 6.08. The van der Waals surface area contributed by atoms with Gasteiger partial charge in [0.05, 0.1) is 17.8 Å². The zero-order valence-corrected chi connectivity index (χ0v) is 16.2. The zero-order valence-electron chi connectivity index (χ0n) is 15.4. The predicted octanol–water partition coefficient (Wildman–Crippen LogP) is 4.85. The summed E-state index contributed by atoms with van der Waals surface area (Å²) in [6.07, 6.45) is -1.97. The van der Waals surface area contributed by atoms with Crippen molar-refractivity contribution in [3.05, 3.63) is 35.5 Å². The van der Waals surface area contributed by atoms with Crippen molar-refractivity contribution >= 4 is 34.1 Å². The van der Waals surface area contributed by atoms with Crippen molar-refractivity contribution < 1.29 is 22.9 Å². The van der Waals surface area contributed by atoms with Gasteiger partial charge in [-0.1, -0.05) is 4.40 Å². The number of carbonyl (C=O) groups is 1. The molecule has 0 saturated carbocycles. The first-order chi connectivity index (χ1) is 12.1. The molecule has 0 fully saturated rings. The lowest BCUT2D eigenvalue weighted by Gasteiger charge is -2.19. The third kappa shape index (κ3) is 4.24. The van der Waals surface area contributed by atoms with Gasteiger partial charge in [-0.3, -0.25) is 4.57 Å². The number of ether oxygens (including phenoxy) is 1. The lowest BCUT2D eigenvalue weighted by atomic mass is 10.0. The van der Waals surface area contributed by atoms with Gasteiger partial charge in [-0.05, 0) is 52.8 Å². The van der Waals surface area contributed by atoms with E-state index < -0.39 is 28.6 Å². The van der Waals surface area contributed by atoms with Crippen LogP contribution in [-0.2, 0) is 16.1 Å². The van der Waals surface area contributed by atoms with Gasteiger partial charge in [-0.2, -0.15) is 0 Å². The number of rotatable bonds is 4. The Morgan fingerprint density at radius 2 is 2.04 bits per heavy atom. The summed E-state index contributed by atoms with van der Waals surface area (Å²) in [4.78, 5) is 12.1. The third-order valence-electron chi connectivity index (χ3n) is 3.70. The highest BCUT2D eigenvalue weighted by Crippen LogP contribution is 2.31. The van der Waals surface area contributed by atoms with Crippen LogP contribution in [0.3, 0.4) is 0 Å². The second-order valence-electron chi connectivity index (χ2n) is 6.72. The molecule has 2 aromatic rings. The van der Waals surface area contributed by atoms with E-state index >= 15 is 0 Å². The molecule has 1 aromatic carbocycles. The summed E-state index contributed by atoms with van der Waals surface area (Å²) in [5, 5.41) is 0.265. The molecule has 0 aliphatic heterocycles. The molecule has 0 spiro atoms. The van der Waals surface area contributed by atoms with Crippen molar-refractivity contribution in [3.8, 4) is 0 Å². The highest BCUT2D eigenvalue weighted by molar-refractivity contribution is 7.91. The number of fused-ring (bicyclic) bond motifs is 1. The van der Waals surface area contributed by atoms with E-state index in [1.54, 1.807) is 40.7 Å². The molecule has 0 bridgehead atoms. The summed E-state index contributed by atoms with van der Waals surface area (Å²) in [5.41, 5.74) is 0.831. The Morgan fingerprint density at radius 3 is 2.58 bits per heavy atom. The highest BCUT2D eigenvalue weighted by Gasteiger charge is 2.27. The Labute approximate surface area is 154 Å². The number of hydrogen-bond donors (Lipinski definition) is 0. The Hall–Kier alpha value is -1.93. The molecular weight excluding hydrogens is 362 g/mol. The number of hydrogen-bond acceptors (Lipinski definition) is 4. The van der Waals surface area contributed by atoms with Crippen LogP contribution in [0.1, 0.15) is 52.2 Å². The van der Waals surface area contributed by atoms with Crippen molar-refractivity contribution in [2.24, 2.45) is 4.40 Å². The van der Waals surface area contributed by atoms with Gasteiger partial charge in [0.2, 0.25) is 0 Å². The minimum atomic E-state index is -2.73. The second kappa shape index (κ2) is 7.75. The average molecular weight is 384 g/mol. The fourth-order valence-corrected chi connectivity index (χ4v) is 2.95. The topological polar surface area (TPSA) is 66.7 Å². The zero-order chi connectivity index (χ0) is 19.6. The first-order valence-electron chi connectivity index (χ1n) is 8.14. The molecule has 5 nitrogen and oxygen atoms in total. The number of carbonyl (C=O) groups excluding carboxylic acids is 1. The minimum absolute atomic E-state index is 0.172. The van der Waals surface area contributed by atoms with Gasteiger partial charge < -0.3 is 9.29 Å². The monoisotopic (exact) mass is 384 g/mol. The quantitative estimate of drug-likeness (QED) is 0.559. The fourth-order valence-electron chi connectivity index (χ4n) is 2.33. The van der Waals surface area contributed by atoms with E-state index in [4.69, 9.17) is 4.74 Å². The van der Waals surface area contributed by atoms with E-state index in [1.807, 2.05) is 0 Å². The van der Waals surface area contributed by atoms with Crippen molar-refractivity contribution in [1.29, 1.82) is 0 Å². The molecular formula is C18H22F2N2O3S. The van der Waals surface area contributed by atoms with Gasteiger partial charge >= 0.3 is 6.09 Å².